The fraction of sp³-hybridized carbons (Fsp3) is 0.500. The second-order valence-corrected chi connectivity index (χ2v) is 6.04. The Hall–Kier alpha value is -0.760. The Morgan fingerprint density at radius 3 is 2.78 bits per heavy atom. The maximum absolute atomic E-state index is 13.0. The molecular formula is C10H15ClFN3O2S. The number of piperidine rings is 1. The topological polar surface area (TPSA) is 76.3 Å². The molecule has 1 saturated heterocycles. The highest BCUT2D eigenvalue weighted by molar-refractivity contribution is 7.89. The first-order valence-electron chi connectivity index (χ1n) is 5.36. The first kappa shape index (κ1) is 15.3. The van der Waals surface area contributed by atoms with Gasteiger partial charge in [0.15, 0.2) is 0 Å². The number of halogens is 2. The zero-order chi connectivity index (χ0) is 12.5. The minimum Gasteiger partial charge on any atom is -0.327 e. The lowest BCUT2D eigenvalue weighted by Gasteiger charge is -2.29. The molecule has 0 radical (unpaired) electrons. The largest absolute Gasteiger partial charge is 0.327 e. The van der Waals surface area contributed by atoms with Crippen LogP contribution in [-0.2, 0) is 10.0 Å². The molecule has 0 spiro atoms. The number of sulfonamides is 1. The van der Waals surface area contributed by atoms with Gasteiger partial charge in [0.1, 0.15) is 10.7 Å². The van der Waals surface area contributed by atoms with Crippen LogP contribution in [-0.4, -0.2) is 36.8 Å². The summed E-state index contributed by atoms with van der Waals surface area (Å²) < 4.78 is 38.6. The first-order chi connectivity index (χ1) is 8.00. The average molecular weight is 296 g/mol. The van der Waals surface area contributed by atoms with Crippen molar-refractivity contribution in [3.8, 4) is 0 Å². The summed E-state index contributed by atoms with van der Waals surface area (Å²) >= 11 is 0. The fourth-order valence-electron chi connectivity index (χ4n) is 1.87. The smallest absolute Gasteiger partial charge is 0.244 e. The van der Waals surface area contributed by atoms with Crippen LogP contribution in [0.3, 0.4) is 0 Å². The van der Waals surface area contributed by atoms with E-state index >= 15 is 0 Å². The highest BCUT2D eigenvalue weighted by atomic mass is 35.5. The Morgan fingerprint density at radius 2 is 2.17 bits per heavy atom. The maximum atomic E-state index is 13.0. The lowest BCUT2D eigenvalue weighted by molar-refractivity contribution is 0.316. The number of hydrogen-bond donors (Lipinski definition) is 1. The summed E-state index contributed by atoms with van der Waals surface area (Å²) in [6.45, 7) is 0.700. The van der Waals surface area contributed by atoms with Crippen molar-refractivity contribution >= 4 is 22.4 Å². The third-order valence-corrected chi connectivity index (χ3v) is 4.57. The third-order valence-electron chi connectivity index (χ3n) is 2.74. The zero-order valence-electron chi connectivity index (χ0n) is 9.62. The van der Waals surface area contributed by atoms with E-state index in [1.54, 1.807) is 0 Å². The lowest BCUT2D eigenvalue weighted by Crippen LogP contribution is -2.45. The number of hydrogen-bond acceptors (Lipinski definition) is 4. The van der Waals surface area contributed by atoms with Crippen LogP contribution >= 0.6 is 12.4 Å². The third kappa shape index (κ3) is 3.17. The van der Waals surface area contributed by atoms with Gasteiger partial charge >= 0.3 is 0 Å². The number of nitrogens with two attached hydrogens (primary N) is 1. The number of nitrogens with zero attached hydrogens (tertiary/aromatic N) is 2. The van der Waals surface area contributed by atoms with Gasteiger partial charge in [-0.15, -0.1) is 12.4 Å². The van der Waals surface area contributed by atoms with Gasteiger partial charge in [-0.1, -0.05) is 0 Å². The van der Waals surface area contributed by atoms with Gasteiger partial charge in [-0.2, -0.15) is 4.31 Å². The van der Waals surface area contributed by atoms with E-state index in [1.165, 1.54) is 4.31 Å². The standard InChI is InChI=1S/C10H14FN3O2S.ClH/c11-8-4-10(6-13-5-8)17(15,16)14-3-1-2-9(12)7-14;/h4-6,9H,1-3,7,12H2;1H/t9-;/m1./s1. The number of aromatic nitrogens is 1. The van der Waals surface area contributed by atoms with Crippen molar-refractivity contribution in [2.45, 2.75) is 23.8 Å². The molecule has 2 heterocycles. The quantitative estimate of drug-likeness (QED) is 0.874. The molecule has 8 heteroatoms. The van der Waals surface area contributed by atoms with Crippen LogP contribution in [0.5, 0.6) is 0 Å². The molecule has 18 heavy (non-hydrogen) atoms. The molecule has 0 bridgehead atoms. The molecule has 0 unspecified atom stereocenters. The van der Waals surface area contributed by atoms with Gasteiger partial charge in [0.25, 0.3) is 0 Å². The Morgan fingerprint density at radius 1 is 1.44 bits per heavy atom. The molecule has 0 aliphatic carbocycles. The van der Waals surface area contributed by atoms with Crippen LogP contribution in [0.15, 0.2) is 23.4 Å². The predicted molar refractivity (Wildman–Crippen MR) is 67.4 cm³/mol. The predicted octanol–water partition coefficient (Wildman–Crippen LogP) is 0.754. The molecule has 0 saturated carbocycles. The van der Waals surface area contributed by atoms with Crippen LogP contribution in [0.2, 0.25) is 0 Å². The summed E-state index contributed by atoms with van der Waals surface area (Å²) in [5, 5.41) is 0. The van der Waals surface area contributed by atoms with E-state index in [4.69, 9.17) is 5.73 Å². The van der Waals surface area contributed by atoms with Crippen molar-refractivity contribution in [2.75, 3.05) is 13.1 Å². The first-order valence-corrected chi connectivity index (χ1v) is 6.80. The Labute approximate surface area is 112 Å². The van der Waals surface area contributed by atoms with Crippen molar-refractivity contribution in [1.29, 1.82) is 0 Å². The van der Waals surface area contributed by atoms with Crippen molar-refractivity contribution in [1.82, 2.24) is 9.29 Å². The van der Waals surface area contributed by atoms with Gasteiger partial charge in [-0.25, -0.2) is 12.8 Å². The van der Waals surface area contributed by atoms with Gasteiger partial charge in [0.05, 0.1) is 6.20 Å². The number of pyridine rings is 1. The molecule has 2 N–H and O–H groups in total. The molecule has 2 rings (SSSR count). The number of rotatable bonds is 2. The van der Waals surface area contributed by atoms with E-state index in [-0.39, 0.29) is 29.9 Å². The Bertz CT molecular complexity index is 512. The van der Waals surface area contributed by atoms with Crippen molar-refractivity contribution < 1.29 is 12.8 Å². The van der Waals surface area contributed by atoms with Gasteiger partial charge < -0.3 is 5.73 Å². The van der Waals surface area contributed by atoms with Crippen molar-refractivity contribution in [3.05, 3.63) is 24.3 Å². The van der Waals surface area contributed by atoms with Crippen molar-refractivity contribution in [3.63, 3.8) is 0 Å². The van der Waals surface area contributed by atoms with Crippen LogP contribution in [0.25, 0.3) is 0 Å². The van der Waals surface area contributed by atoms with Gasteiger partial charge in [-0.3, -0.25) is 4.98 Å². The van der Waals surface area contributed by atoms with E-state index in [2.05, 4.69) is 4.98 Å². The molecule has 1 aliphatic rings. The lowest BCUT2D eigenvalue weighted by atomic mass is 10.1. The van der Waals surface area contributed by atoms with E-state index in [0.717, 1.165) is 31.3 Å². The van der Waals surface area contributed by atoms with Crippen LogP contribution in [0, 0.1) is 5.82 Å². The van der Waals surface area contributed by atoms with E-state index < -0.39 is 15.8 Å². The molecule has 1 aliphatic heterocycles. The normalized spacial score (nSPS) is 21.3. The maximum Gasteiger partial charge on any atom is 0.244 e. The van der Waals surface area contributed by atoms with Gasteiger partial charge in [0, 0.05) is 25.3 Å². The van der Waals surface area contributed by atoms with E-state index in [1.807, 2.05) is 0 Å². The van der Waals surface area contributed by atoms with Crippen LogP contribution in [0.4, 0.5) is 4.39 Å². The summed E-state index contributed by atoms with van der Waals surface area (Å²) in [7, 11) is -3.67. The Balaban J connectivity index is 0.00000162. The zero-order valence-corrected chi connectivity index (χ0v) is 11.3. The highest BCUT2D eigenvalue weighted by Crippen LogP contribution is 2.19. The molecule has 1 aromatic rings. The molecule has 1 aromatic heterocycles. The second-order valence-electron chi connectivity index (χ2n) is 4.10. The van der Waals surface area contributed by atoms with E-state index in [9.17, 15) is 12.8 Å². The van der Waals surface area contributed by atoms with Crippen molar-refractivity contribution in [2.24, 2.45) is 5.73 Å². The fourth-order valence-corrected chi connectivity index (χ4v) is 3.39. The minimum absolute atomic E-state index is 0. The van der Waals surface area contributed by atoms with Crippen LogP contribution in [0.1, 0.15) is 12.8 Å². The van der Waals surface area contributed by atoms with E-state index in [0.29, 0.717) is 6.54 Å². The monoisotopic (exact) mass is 295 g/mol. The average Bonchev–Trinajstić information content (AvgIpc) is 2.29. The SMILES string of the molecule is Cl.N[C@@H]1CCCN(S(=O)(=O)c2cncc(F)c2)C1. The molecule has 102 valence electrons. The molecule has 1 fully saturated rings. The highest BCUT2D eigenvalue weighted by Gasteiger charge is 2.29. The molecule has 1 atom stereocenters. The second kappa shape index (κ2) is 5.92. The summed E-state index contributed by atoms with van der Waals surface area (Å²) in [5.41, 5.74) is 5.73. The Kier molecular flexibility index (Phi) is 5.03. The summed E-state index contributed by atoms with van der Waals surface area (Å²) in [5.74, 6) is -0.660. The molecular weight excluding hydrogens is 281 g/mol. The molecule has 0 amide bonds. The summed E-state index contributed by atoms with van der Waals surface area (Å²) in [6, 6.07) is 0.822. The minimum atomic E-state index is -3.67. The van der Waals surface area contributed by atoms with Gasteiger partial charge in [-0.05, 0) is 18.9 Å². The van der Waals surface area contributed by atoms with Crippen LogP contribution < -0.4 is 5.73 Å². The summed E-state index contributed by atoms with van der Waals surface area (Å²) in [6.07, 6.45) is 3.66. The summed E-state index contributed by atoms with van der Waals surface area (Å²) in [4.78, 5) is 3.43. The molecule has 5 nitrogen and oxygen atoms in total. The van der Waals surface area contributed by atoms with Gasteiger partial charge in [0.2, 0.25) is 10.0 Å². The molecule has 0 aromatic carbocycles.